The highest BCUT2D eigenvalue weighted by atomic mass is 16.5. The highest BCUT2D eigenvalue weighted by Gasteiger charge is 2.37. The van der Waals surface area contributed by atoms with Gasteiger partial charge in [-0.2, -0.15) is 10.5 Å². The molecule has 1 rings (SSSR count). The third-order valence-electron chi connectivity index (χ3n) is 3.28. The van der Waals surface area contributed by atoms with E-state index in [4.69, 9.17) is 0 Å². The number of ether oxygens (including phenoxy) is 4. The zero-order valence-electron chi connectivity index (χ0n) is 14.2. The van der Waals surface area contributed by atoms with Crippen molar-refractivity contribution >= 4 is 23.9 Å². The smallest absolute Gasteiger partial charge is 0.340 e. The lowest BCUT2D eigenvalue weighted by atomic mass is 9.87. The van der Waals surface area contributed by atoms with E-state index >= 15 is 0 Å². The minimum absolute atomic E-state index is 0.691. The van der Waals surface area contributed by atoms with Crippen molar-refractivity contribution in [2.75, 3.05) is 28.4 Å². The molecule has 1 aromatic carbocycles. The molecule has 0 spiro atoms. The van der Waals surface area contributed by atoms with E-state index in [-0.39, 0.29) is 0 Å². The summed E-state index contributed by atoms with van der Waals surface area (Å²) in [6.07, 6.45) is 0. The number of hydrogen-bond donors (Lipinski definition) is 0. The molecule has 1 aromatic rings. The Kier molecular flexibility index (Phi) is 6.39. The molecule has 10 heteroatoms. The van der Waals surface area contributed by atoms with E-state index in [1.807, 2.05) is 0 Å². The number of hydrogen-bond acceptors (Lipinski definition) is 10. The van der Waals surface area contributed by atoms with Crippen molar-refractivity contribution in [3.8, 4) is 12.1 Å². The molecule has 0 atom stereocenters. The maximum atomic E-state index is 12.2. The fraction of sp³-hybridized carbons (Fsp3) is 0.250. The Balaban J connectivity index is 4.37. The van der Waals surface area contributed by atoms with E-state index in [0.717, 1.165) is 28.4 Å². The third-order valence-corrected chi connectivity index (χ3v) is 3.28. The van der Waals surface area contributed by atoms with Crippen LogP contribution in [0.4, 0.5) is 0 Å². The molecule has 0 aliphatic heterocycles. The number of benzene rings is 1. The first-order valence-electron chi connectivity index (χ1n) is 6.71. The summed E-state index contributed by atoms with van der Waals surface area (Å²) in [4.78, 5) is 48.6. The van der Waals surface area contributed by atoms with Crippen molar-refractivity contribution in [1.82, 2.24) is 0 Å². The number of nitrogens with zero attached hydrogens (tertiary/aromatic N) is 2. The topological polar surface area (TPSA) is 153 Å². The second-order valence-corrected chi connectivity index (χ2v) is 4.44. The molecule has 134 valence electrons. The lowest BCUT2D eigenvalue weighted by Gasteiger charge is -2.16. The van der Waals surface area contributed by atoms with Crippen LogP contribution in [0.3, 0.4) is 0 Å². The van der Waals surface area contributed by atoms with Gasteiger partial charge in [-0.3, -0.25) is 0 Å². The average molecular weight is 360 g/mol. The second-order valence-electron chi connectivity index (χ2n) is 4.44. The number of nitriles is 2. The molecule has 0 amide bonds. The number of methoxy groups -OCH3 is 4. The molecule has 0 bridgehead atoms. The monoisotopic (exact) mass is 360 g/mol. The molecular weight excluding hydrogens is 348 g/mol. The summed E-state index contributed by atoms with van der Waals surface area (Å²) < 4.78 is 18.1. The molecule has 0 aliphatic carbocycles. The van der Waals surface area contributed by atoms with Gasteiger partial charge in [0.05, 0.1) is 61.8 Å². The first-order chi connectivity index (χ1) is 12.3. The van der Waals surface area contributed by atoms with Gasteiger partial charge in [0.15, 0.2) is 0 Å². The van der Waals surface area contributed by atoms with Crippen molar-refractivity contribution in [1.29, 1.82) is 10.5 Å². The lowest BCUT2D eigenvalue weighted by molar-refractivity contribution is 0.0538. The Bertz CT molecular complexity index is 759. The maximum absolute atomic E-state index is 12.2. The van der Waals surface area contributed by atoms with Crippen LogP contribution < -0.4 is 0 Å². The molecule has 10 nitrogen and oxygen atoms in total. The van der Waals surface area contributed by atoms with Crippen LogP contribution in [0, 0.1) is 22.7 Å². The van der Waals surface area contributed by atoms with Crippen LogP contribution in [0.2, 0.25) is 0 Å². The van der Waals surface area contributed by atoms with Crippen LogP contribution in [-0.2, 0) is 18.9 Å². The Morgan fingerprint density at radius 1 is 0.577 bits per heavy atom. The third kappa shape index (κ3) is 3.16. The van der Waals surface area contributed by atoms with E-state index in [1.165, 1.54) is 0 Å². The van der Waals surface area contributed by atoms with Gasteiger partial charge in [0, 0.05) is 0 Å². The largest absolute Gasteiger partial charge is 0.465 e. The summed E-state index contributed by atoms with van der Waals surface area (Å²) in [5.74, 6) is -4.78. The van der Waals surface area contributed by atoms with Gasteiger partial charge in [-0.15, -0.1) is 0 Å². The van der Waals surface area contributed by atoms with Gasteiger partial charge in [0.2, 0.25) is 0 Å². The van der Waals surface area contributed by atoms with Crippen LogP contribution in [0.25, 0.3) is 0 Å². The second kappa shape index (κ2) is 8.26. The summed E-state index contributed by atoms with van der Waals surface area (Å²) in [5.41, 5.74) is -4.19. The number of rotatable bonds is 4. The predicted octanol–water partition coefficient (Wildman–Crippen LogP) is 0.576. The Morgan fingerprint density at radius 3 is 0.885 bits per heavy atom. The Hall–Kier alpha value is -3.92. The van der Waals surface area contributed by atoms with Gasteiger partial charge in [-0.25, -0.2) is 19.2 Å². The SMILES string of the molecule is COC(=O)c1c(C#N)c(C(=O)OC)c(C(=O)OC)c(C#N)c1C(=O)OC. The van der Waals surface area contributed by atoms with Crippen LogP contribution in [0.1, 0.15) is 52.6 Å². The summed E-state index contributed by atoms with van der Waals surface area (Å²) in [7, 11) is 3.84. The highest BCUT2D eigenvalue weighted by Crippen LogP contribution is 2.30. The van der Waals surface area contributed by atoms with Gasteiger partial charge in [-0.05, 0) is 0 Å². The van der Waals surface area contributed by atoms with Crippen LogP contribution in [-0.4, -0.2) is 52.3 Å². The van der Waals surface area contributed by atoms with Crippen molar-refractivity contribution in [2.45, 2.75) is 0 Å². The first kappa shape index (κ1) is 20.1. The number of carbonyl (C=O) groups is 4. The molecule has 0 heterocycles. The quantitative estimate of drug-likeness (QED) is 0.550. The van der Waals surface area contributed by atoms with Crippen molar-refractivity contribution < 1.29 is 38.1 Å². The number of esters is 4. The molecule has 0 fully saturated rings. The van der Waals surface area contributed by atoms with Gasteiger partial charge in [0.1, 0.15) is 12.1 Å². The van der Waals surface area contributed by atoms with E-state index < -0.39 is 57.3 Å². The fourth-order valence-electron chi connectivity index (χ4n) is 2.20. The lowest BCUT2D eigenvalue weighted by Crippen LogP contribution is -2.24. The van der Waals surface area contributed by atoms with Crippen LogP contribution >= 0.6 is 0 Å². The summed E-state index contributed by atoms with van der Waals surface area (Å²) in [6.45, 7) is 0. The molecule has 0 unspecified atom stereocenters. The summed E-state index contributed by atoms with van der Waals surface area (Å²) in [5, 5.41) is 18.9. The van der Waals surface area contributed by atoms with Crippen molar-refractivity contribution in [3.63, 3.8) is 0 Å². The van der Waals surface area contributed by atoms with E-state index in [2.05, 4.69) is 18.9 Å². The van der Waals surface area contributed by atoms with Gasteiger partial charge >= 0.3 is 23.9 Å². The average Bonchev–Trinajstić information content (AvgIpc) is 2.68. The summed E-state index contributed by atoms with van der Waals surface area (Å²) in [6, 6.07) is 3.12. The van der Waals surface area contributed by atoms with Crippen LogP contribution in [0.5, 0.6) is 0 Å². The summed E-state index contributed by atoms with van der Waals surface area (Å²) >= 11 is 0. The van der Waals surface area contributed by atoms with E-state index in [0.29, 0.717) is 0 Å². The zero-order chi connectivity index (χ0) is 20.0. The molecule has 0 radical (unpaired) electrons. The van der Waals surface area contributed by atoms with Gasteiger partial charge in [0.25, 0.3) is 0 Å². The Morgan fingerprint density at radius 2 is 0.769 bits per heavy atom. The van der Waals surface area contributed by atoms with Gasteiger partial charge < -0.3 is 18.9 Å². The standard InChI is InChI=1S/C16H12N2O8/c1-23-13(19)9-7(5-17)11(15(21)25-3)12(16(22)26-4)8(6-18)10(9)14(20)24-2/h1-4H3. The molecule has 0 saturated heterocycles. The molecular formula is C16H12N2O8. The minimum Gasteiger partial charge on any atom is -0.465 e. The molecule has 0 saturated carbocycles. The van der Waals surface area contributed by atoms with E-state index in [1.54, 1.807) is 12.1 Å². The molecule has 0 aliphatic rings. The predicted molar refractivity (Wildman–Crippen MR) is 81.2 cm³/mol. The number of carbonyl (C=O) groups excluding carboxylic acids is 4. The highest BCUT2D eigenvalue weighted by molar-refractivity contribution is 6.15. The molecule has 0 aromatic heterocycles. The van der Waals surface area contributed by atoms with Gasteiger partial charge in [-0.1, -0.05) is 0 Å². The van der Waals surface area contributed by atoms with Crippen LogP contribution in [0.15, 0.2) is 0 Å². The Labute approximate surface area is 147 Å². The fourth-order valence-corrected chi connectivity index (χ4v) is 2.20. The minimum atomic E-state index is -1.19. The normalized spacial score (nSPS) is 9.31. The first-order valence-corrected chi connectivity index (χ1v) is 6.71. The molecule has 26 heavy (non-hydrogen) atoms. The van der Waals surface area contributed by atoms with Crippen molar-refractivity contribution in [3.05, 3.63) is 33.4 Å². The maximum Gasteiger partial charge on any atom is 0.340 e. The van der Waals surface area contributed by atoms with Crippen molar-refractivity contribution in [2.24, 2.45) is 0 Å². The molecule has 0 N–H and O–H groups in total. The zero-order valence-corrected chi connectivity index (χ0v) is 14.2. The van der Waals surface area contributed by atoms with E-state index in [9.17, 15) is 29.7 Å².